The van der Waals surface area contributed by atoms with Crippen LogP contribution in [0.2, 0.25) is 0 Å². The van der Waals surface area contributed by atoms with Crippen LogP contribution in [0.25, 0.3) is 0 Å². The number of aliphatic hydroxyl groups is 1. The van der Waals surface area contributed by atoms with Crippen molar-refractivity contribution in [1.82, 2.24) is 15.5 Å². The first kappa shape index (κ1) is 20.2. The largest absolute Gasteiger partial charge is 0.388 e. The van der Waals surface area contributed by atoms with Crippen molar-refractivity contribution in [3.8, 4) is 0 Å². The summed E-state index contributed by atoms with van der Waals surface area (Å²) in [6.45, 7) is 8.19. The van der Waals surface area contributed by atoms with Crippen LogP contribution >= 0.6 is 0 Å². The van der Waals surface area contributed by atoms with Gasteiger partial charge in [0.25, 0.3) is 0 Å². The lowest BCUT2D eigenvalue weighted by Gasteiger charge is -2.40. The van der Waals surface area contributed by atoms with E-state index in [-0.39, 0.29) is 30.2 Å². The molecule has 6 nitrogen and oxygen atoms in total. The van der Waals surface area contributed by atoms with Gasteiger partial charge in [0.15, 0.2) is 0 Å². The van der Waals surface area contributed by atoms with Gasteiger partial charge in [-0.05, 0) is 46.5 Å². The molecule has 2 fully saturated rings. The van der Waals surface area contributed by atoms with Crippen molar-refractivity contribution < 1.29 is 14.7 Å². The van der Waals surface area contributed by atoms with Crippen molar-refractivity contribution in [3.05, 3.63) is 0 Å². The molecule has 1 heterocycles. The molecule has 25 heavy (non-hydrogen) atoms. The SMILES string of the molecule is CC(C)N1CCC(O)(CNC(=O)C[C@H](C)NC(=O)C2CCCC2)CC1. The van der Waals surface area contributed by atoms with Crippen LogP contribution < -0.4 is 10.6 Å². The first-order valence-corrected chi connectivity index (χ1v) is 9.82. The Morgan fingerprint density at radius 1 is 1.16 bits per heavy atom. The minimum atomic E-state index is -0.808. The Labute approximate surface area is 151 Å². The number of carbonyl (C=O) groups is 2. The number of hydrogen-bond acceptors (Lipinski definition) is 4. The maximum atomic E-state index is 12.1. The first-order chi connectivity index (χ1) is 11.8. The monoisotopic (exact) mass is 353 g/mol. The summed E-state index contributed by atoms with van der Waals surface area (Å²) in [5.41, 5.74) is -0.808. The molecular weight excluding hydrogens is 318 g/mol. The summed E-state index contributed by atoms with van der Waals surface area (Å²) in [5.74, 6) is 0.0915. The number of carbonyl (C=O) groups excluding carboxylic acids is 2. The highest BCUT2D eigenvalue weighted by atomic mass is 16.3. The molecule has 1 aliphatic carbocycles. The number of piperidine rings is 1. The van der Waals surface area contributed by atoms with Gasteiger partial charge in [0.1, 0.15) is 0 Å². The highest BCUT2D eigenvalue weighted by Crippen LogP contribution is 2.25. The topological polar surface area (TPSA) is 81.7 Å². The molecule has 0 aromatic rings. The maximum absolute atomic E-state index is 12.1. The highest BCUT2D eigenvalue weighted by Gasteiger charge is 2.33. The van der Waals surface area contributed by atoms with E-state index in [1.54, 1.807) is 0 Å². The molecule has 1 saturated heterocycles. The molecule has 2 amide bonds. The third-order valence-corrected chi connectivity index (χ3v) is 5.68. The predicted octanol–water partition coefficient (Wildman–Crippen LogP) is 1.42. The molecule has 1 aliphatic heterocycles. The van der Waals surface area contributed by atoms with Gasteiger partial charge in [-0.15, -0.1) is 0 Å². The Morgan fingerprint density at radius 3 is 2.32 bits per heavy atom. The molecule has 1 atom stereocenters. The molecule has 0 radical (unpaired) electrons. The van der Waals surface area contributed by atoms with Crippen molar-refractivity contribution in [2.24, 2.45) is 5.92 Å². The second-order valence-corrected chi connectivity index (χ2v) is 8.23. The van der Waals surface area contributed by atoms with E-state index in [9.17, 15) is 14.7 Å². The van der Waals surface area contributed by atoms with Crippen LogP contribution in [0, 0.1) is 5.92 Å². The number of nitrogens with zero attached hydrogens (tertiary/aromatic N) is 1. The fourth-order valence-electron chi connectivity index (χ4n) is 3.85. The van der Waals surface area contributed by atoms with E-state index in [0.29, 0.717) is 25.4 Å². The Hall–Kier alpha value is -1.14. The standard InChI is InChI=1S/C19H35N3O3/c1-14(2)22-10-8-19(25,9-11-22)13-20-17(23)12-15(3)21-18(24)16-6-4-5-7-16/h14-16,25H,4-13H2,1-3H3,(H,20,23)(H,21,24)/t15-/m0/s1. The van der Waals surface area contributed by atoms with Gasteiger partial charge < -0.3 is 20.6 Å². The molecular formula is C19H35N3O3. The summed E-state index contributed by atoms with van der Waals surface area (Å²) in [6.07, 6.45) is 5.79. The van der Waals surface area contributed by atoms with Gasteiger partial charge in [-0.3, -0.25) is 9.59 Å². The molecule has 0 unspecified atom stereocenters. The summed E-state index contributed by atoms with van der Waals surface area (Å²) in [5, 5.41) is 16.4. The lowest BCUT2D eigenvalue weighted by atomic mass is 9.90. The van der Waals surface area contributed by atoms with Crippen LogP contribution in [0.15, 0.2) is 0 Å². The molecule has 0 aromatic heterocycles. The highest BCUT2D eigenvalue weighted by molar-refractivity contribution is 5.81. The normalized spacial score (nSPS) is 22.8. The van der Waals surface area contributed by atoms with Crippen LogP contribution in [-0.4, -0.2) is 59.1 Å². The molecule has 144 valence electrons. The second kappa shape index (κ2) is 8.99. The Balaban J connectivity index is 1.67. The average molecular weight is 354 g/mol. The average Bonchev–Trinajstić information content (AvgIpc) is 3.08. The van der Waals surface area contributed by atoms with Crippen molar-refractivity contribution in [2.45, 2.75) is 83.4 Å². The smallest absolute Gasteiger partial charge is 0.223 e. The lowest BCUT2D eigenvalue weighted by Crippen LogP contribution is -2.52. The zero-order chi connectivity index (χ0) is 18.4. The van der Waals surface area contributed by atoms with Gasteiger partial charge in [-0.1, -0.05) is 12.8 Å². The van der Waals surface area contributed by atoms with Crippen LogP contribution in [-0.2, 0) is 9.59 Å². The lowest BCUT2D eigenvalue weighted by molar-refractivity contribution is -0.126. The first-order valence-electron chi connectivity index (χ1n) is 9.82. The van der Waals surface area contributed by atoms with Crippen LogP contribution in [0.5, 0.6) is 0 Å². The van der Waals surface area contributed by atoms with Gasteiger partial charge in [-0.2, -0.15) is 0 Å². The predicted molar refractivity (Wildman–Crippen MR) is 98.1 cm³/mol. The van der Waals surface area contributed by atoms with E-state index in [0.717, 1.165) is 38.8 Å². The number of rotatable bonds is 7. The van der Waals surface area contributed by atoms with E-state index in [4.69, 9.17) is 0 Å². The number of amides is 2. The molecule has 6 heteroatoms. The van der Waals surface area contributed by atoms with Crippen LogP contribution in [0.1, 0.15) is 65.7 Å². The maximum Gasteiger partial charge on any atom is 0.223 e. The van der Waals surface area contributed by atoms with Gasteiger partial charge >= 0.3 is 0 Å². The molecule has 2 rings (SSSR count). The summed E-state index contributed by atoms with van der Waals surface area (Å²) in [4.78, 5) is 26.6. The Kier molecular flexibility index (Phi) is 7.25. The summed E-state index contributed by atoms with van der Waals surface area (Å²) in [6, 6.07) is 0.314. The van der Waals surface area contributed by atoms with E-state index in [2.05, 4.69) is 29.4 Å². The number of likely N-dealkylation sites (tertiary alicyclic amines) is 1. The van der Waals surface area contributed by atoms with E-state index < -0.39 is 5.60 Å². The van der Waals surface area contributed by atoms with Crippen LogP contribution in [0.3, 0.4) is 0 Å². The molecule has 0 aromatic carbocycles. The zero-order valence-electron chi connectivity index (χ0n) is 16.0. The fourth-order valence-corrected chi connectivity index (χ4v) is 3.85. The van der Waals surface area contributed by atoms with Gasteiger partial charge in [-0.25, -0.2) is 0 Å². The number of nitrogens with one attached hydrogen (secondary N) is 2. The summed E-state index contributed by atoms with van der Waals surface area (Å²) in [7, 11) is 0. The van der Waals surface area contributed by atoms with Gasteiger partial charge in [0.2, 0.25) is 11.8 Å². The van der Waals surface area contributed by atoms with Gasteiger partial charge in [0, 0.05) is 44.1 Å². The minimum absolute atomic E-state index is 0.0810. The third-order valence-electron chi connectivity index (χ3n) is 5.68. The molecule has 2 aliphatic rings. The van der Waals surface area contributed by atoms with Crippen molar-refractivity contribution in [1.29, 1.82) is 0 Å². The van der Waals surface area contributed by atoms with Crippen LogP contribution in [0.4, 0.5) is 0 Å². The number of hydrogen-bond donors (Lipinski definition) is 3. The zero-order valence-corrected chi connectivity index (χ0v) is 16.0. The molecule has 1 saturated carbocycles. The molecule has 3 N–H and O–H groups in total. The second-order valence-electron chi connectivity index (χ2n) is 8.23. The van der Waals surface area contributed by atoms with E-state index >= 15 is 0 Å². The Bertz CT molecular complexity index is 453. The van der Waals surface area contributed by atoms with Gasteiger partial charge in [0.05, 0.1) is 5.60 Å². The van der Waals surface area contributed by atoms with E-state index in [1.807, 2.05) is 6.92 Å². The summed E-state index contributed by atoms with van der Waals surface area (Å²) < 4.78 is 0. The fraction of sp³-hybridized carbons (Fsp3) is 0.895. The van der Waals surface area contributed by atoms with E-state index in [1.165, 1.54) is 0 Å². The quantitative estimate of drug-likeness (QED) is 0.647. The Morgan fingerprint density at radius 2 is 1.76 bits per heavy atom. The van der Waals surface area contributed by atoms with Crippen molar-refractivity contribution >= 4 is 11.8 Å². The van der Waals surface area contributed by atoms with Crippen molar-refractivity contribution in [2.75, 3.05) is 19.6 Å². The van der Waals surface area contributed by atoms with Crippen molar-refractivity contribution in [3.63, 3.8) is 0 Å². The molecule has 0 bridgehead atoms. The third kappa shape index (κ3) is 6.26. The summed E-state index contributed by atoms with van der Waals surface area (Å²) >= 11 is 0. The molecule has 0 spiro atoms. The minimum Gasteiger partial charge on any atom is -0.388 e.